The molecule has 0 aromatic rings. The Labute approximate surface area is 118 Å². The number of rotatable bonds is 11. The van der Waals surface area contributed by atoms with E-state index in [9.17, 15) is 0 Å². The van der Waals surface area contributed by atoms with E-state index in [1.54, 1.807) is 13.3 Å². The topological polar surface area (TPSA) is 0 Å². The Hall–Kier alpha value is 0.829. The first-order valence-electron chi connectivity index (χ1n) is 7.48. The summed E-state index contributed by atoms with van der Waals surface area (Å²) in [6, 6.07) is 0. The molecule has 0 aliphatic heterocycles. The van der Waals surface area contributed by atoms with E-state index < -0.39 is 18.4 Å². The van der Waals surface area contributed by atoms with E-state index in [0.29, 0.717) is 5.88 Å². The zero-order chi connectivity index (χ0) is 13.0. The molecule has 0 atom stereocenters. The fourth-order valence-electron chi connectivity index (χ4n) is 2.51. The molecule has 17 heavy (non-hydrogen) atoms. The van der Waals surface area contributed by atoms with Crippen LogP contribution in [0.25, 0.3) is 0 Å². The Morgan fingerprint density at radius 1 is 0.824 bits per heavy atom. The fraction of sp³-hybridized carbons (Fsp3) is 0.867. The second-order valence-corrected chi connectivity index (χ2v) is 18.5. The van der Waals surface area contributed by atoms with E-state index in [0.717, 1.165) is 0 Å². The minimum absolute atomic E-state index is 0.711. The first-order chi connectivity index (χ1) is 8.24. The first kappa shape index (κ1) is 17.8. The van der Waals surface area contributed by atoms with Gasteiger partial charge in [0.15, 0.2) is 0 Å². The molecular weight excluding hydrogens is 334 g/mol. The molecule has 0 heterocycles. The molecule has 0 aromatic carbocycles. The summed E-state index contributed by atoms with van der Waals surface area (Å²) >= 11 is 3.90. The molecule has 0 aliphatic carbocycles. The van der Waals surface area contributed by atoms with Gasteiger partial charge in [0, 0.05) is 0 Å². The van der Waals surface area contributed by atoms with Crippen LogP contribution in [0.15, 0.2) is 10.2 Å². The van der Waals surface area contributed by atoms with Crippen LogP contribution in [0.5, 0.6) is 0 Å². The fourth-order valence-corrected chi connectivity index (χ4v) is 17.4. The van der Waals surface area contributed by atoms with Gasteiger partial charge < -0.3 is 0 Å². The Balaban J connectivity index is 4.57. The van der Waals surface area contributed by atoms with Crippen LogP contribution >= 0.6 is 11.6 Å². The number of allylic oxidation sites excluding steroid dienone is 1. The van der Waals surface area contributed by atoms with Crippen molar-refractivity contribution in [2.24, 2.45) is 0 Å². The summed E-state index contributed by atoms with van der Waals surface area (Å²) in [5.74, 6) is 0.711. The van der Waals surface area contributed by atoms with Gasteiger partial charge in [-0.15, -0.1) is 0 Å². The van der Waals surface area contributed by atoms with Gasteiger partial charge in [-0.1, -0.05) is 0 Å². The minimum atomic E-state index is -1.96. The van der Waals surface area contributed by atoms with Crippen molar-refractivity contribution in [3.05, 3.63) is 10.2 Å². The molecule has 0 spiro atoms. The summed E-state index contributed by atoms with van der Waals surface area (Å²) in [6.07, 6.45) is 10.6. The van der Waals surface area contributed by atoms with Crippen LogP contribution < -0.4 is 0 Å². The van der Waals surface area contributed by atoms with Gasteiger partial charge in [-0.2, -0.15) is 0 Å². The zero-order valence-electron chi connectivity index (χ0n) is 12.1. The Bertz CT molecular complexity index is 168. The van der Waals surface area contributed by atoms with Gasteiger partial charge in [0.1, 0.15) is 0 Å². The maximum absolute atomic E-state index is 5.86. The van der Waals surface area contributed by atoms with Crippen molar-refractivity contribution in [2.45, 2.75) is 72.6 Å². The summed E-state index contributed by atoms with van der Waals surface area (Å²) in [5.41, 5.74) is 0. The van der Waals surface area contributed by atoms with Crippen molar-refractivity contribution in [2.75, 3.05) is 5.88 Å². The van der Waals surface area contributed by atoms with E-state index in [1.807, 2.05) is 0 Å². The quantitative estimate of drug-likeness (QED) is 0.303. The third-order valence-corrected chi connectivity index (χ3v) is 18.1. The maximum atomic E-state index is 5.86. The summed E-state index contributed by atoms with van der Waals surface area (Å²) < 4.78 is 7.30. The molecule has 0 saturated heterocycles. The number of unbranched alkanes of at least 4 members (excludes halogenated alkanes) is 3. The molecule has 0 aromatic heterocycles. The molecule has 0 bridgehead atoms. The number of hydrogen-bond donors (Lipinski definition) is 0. The van der Waals surface area contributed by atoms with Crippen molar-refractivity contribution < 1.29 is 0 Å². The second-order valence-electron chi connectivity index (χ2n) is 5.23. The molecule has 0 fully saturated rings. The molecule has 102 valence electrons. The van der Waals surface area contributed by atoms with E-state index in [-0.39, 0.29) is 0 Å². The molecule has 0 amide bonds. The normalized spacial score (nSPS) is 12.5. The molecule has 0 aliphatic rings. The van der Waals surface area contributed by atoms with Crippen molar-refractivity contribution in [3.8, 4) is 0 Å². The van der Waals surface area contributed by atoms with Crippen LogP contribution in [-0.4, -0.2) is 24.3 Å². The summed E-state index contributed by atoms with van der Waals surface area (Å²) in [7, 11) is 0. The van der Waals surface area contributed by atoms with E-state index in [2.05, 4.69) is 30.9 Å². The number of hydrogen-bond acceptors (Lipinski definition) is 0. The SMILES string of the molecule is CCC[CH2][Sn](/[CH]=C/CCl)([CH2]CCC)[CH2]CCC. The summed E-state index contributed by atoms with van der Waals surface area (Å²) in [6.45, 7) is 6.96. The molecule has 2 heteroatoms. The molecule has 0 saturated carbocycles. The van der Waals surface area contributed by atoms with Crippen LogP contribution in [-0.2, 0) is 0 Å². The van der Waals surface area contributed by atoms with Crippen LogP contribution in [0, 0.1) is 0 Å². The average Bonchev–Trinajstić information content (AvgIpc) is 2.37. The predicted molar refractivity (Wildman–Crippen MR) is 84.8 cm³/mol. The first-order valence-corrected chi connectivity index (χ1v) is 15.7. The van der Waals surface area contributed by atoms with Crippen molar-refractivity contribution in [1.29, 1.82) is 0 Å². The standard InChI is InChI=1S/3C4H9.C3H4Cl.Sn/c3*1-3-4-2;1-2-3-4;/h3*1,3-4H2,2H3;1-2H,3H2;. The molecule has 0 rings (SSSR count). The van der Waals surface area contributed by atoms with Gasteiger partial charge in [0.25, 0.3) is 0 Å². The molecule has 0 N–H and O–H groups in total. The van der Waals surface area contributed by atoms with Crippen LogP contribution in [0.1, 0.15) is 59.3 Å². The Morgan fingerprint density at radius 3 is 1.53 bits per heavy atom. The van der Waals surface area contributed by atoms with Crippen LogP contribution in [0.4, 0.5) is 0 Å². The number of alkyl halides is 1. The van der Waals surface area contributed by atoms with E-state index >= 15 is 0 Å². The second kappa shape index (κ2) is 11.9. The summed E-state index contributed by atoms with van der Waals surface area (Å²) in [5, 5.41) is 0. The molecule has 0 radical (unpaired) electrons. The van der Waals surface area contributed by atoms with Crippen molar-refractivity contribution in [3.63, 3.8) is 0 Å². The van der Waals surface area contributed by atoms with Gasteiger partial charge in [-0.05, 0) is 0 Å². The van der Waals surface area contributed by atoms with Gasteiger partial charge >= 0.3 is 119 Å². The Kier molecular flexibility index (Phi) is 12.5. The third-order valence-electron chi connectivity index (χ3n) is 3.65. The van der Waals surface area contributed by atoms with Gasteiger partial charge in [0.2, 0.25) is 0 Å². The molecular formula is C15H31ClSn. The zero-order valence-corrected chi connectivity index (χ0v) is 15.7. The van der Waals surface area contributed by atoms with Crippen LogP contribution in [0.3, 0.4) is 0 Å². The summed E-state index contributed by atoms with van der Waals surface area (Å²) in [4.78, 5) is 0. The van der Waals surface area contributed by atoms with Crippen molar-refractivity contribution in [1.82, 2.24) is 0 Å². The number of halogens is 1. The van der Waals surface area contributed by atoms with Gasteiger partial charge in [0.05, 0.1) is 0 Å². The molecule has 0 unspecified atom stereocenters. The van der Waals surface area contributed by atoms with Crippen LogP contribution in [0.2, 0.25) is 13.3 Å². The van der Waals surface area contributed by atoms with Crippen molar-refractivity contribution >= 4 is 30.0 Å². The Morgan fingerprint density at radius 2 is 1.24 bits per heavy atom. The van der Waals surface area contributed by atoms with Gasteiger partial charge in [-0.3, -0.25) is 0 Å². The third kappa shape index (κ3) is 8.53. The van der Waals surface area contributed by atoms with Gasteiger partial charge in [-0.25, -0.2) is 0 Å². The van der Waals surface area contributed by atoms with E-state index in [1.165, 1.54) is 38.5 Å². The predicted octanol–water partition coefficient (Wildman–Crippen LogP) is 6.17. The van der Waals surface area contributed by atoms with E-state index in [4.69, 9.17) is 11.6 Å². The monoisotopic (exact) mass is 366 g/mol. The molecule has 0 nitrogen and oxygen atoms in total. The average molecular weight is 366 g/mol.